The van der Waals surface area contributed by atoms with E-state index in [9.17, 15) is 61.3 Å². The molecule has 0 aromatic heterocycles. The fourth-order valence-electron chi connectivity index (χ4n) is 7.38. The summed E-state index contributed by atoms with van der Waals surface area (Å²) in [6, 6.07) is 0. The minimum Gasteiger partial charge on any atom is -0.427 e. The minimum absolute atomic E-state index is 0.0473. The highest BCUT2D eigenvalue weighted by Crippen LogP contribution is 2.43. The van der Waals surface area contributed by atoms with Crippen molar-refractivity contribution in [1.29, 1.82) is 0 Å². The van der Waals surface area contributed by atoms with E-state index in [4.69, 9.17) is 23.7 Å². The van der Waals surface area contributed by atoms with Gasteiger partial charge in [0.2, 0.25) is 0 Å². The third-order valence-electron chi connectivity index (χ3n) is 9.94. The molecule has 17 nitrogen and oxygen atoms in total. The van der Waals surface area contributed by atoms with Crippen molar-refractivity contribution in [1.82, 2.24) is 0 Å². The zero-order valence-electron chi connectivity index (χ0n) is 23.9. The van der Waals surface area contributed by atoms with E-state index in [1.807, 2.05) is 0 Å². The van der Waals surface area contributed by atoms with Crippen LogP contribution in [0.4, 0.5) is 0 Å². The van der Waals surface area contributed by atoms with Crippen molar-refractivity contribution in [2.45, 2.75) is 142 Å². The largest absolute Gasteiger partial charge is 0.427 e. The zero-order valence-corrected chi connectivity index (χ0v) is 23.9. The summed E-state index contributed by atoms with van der Waals surface area (Å²) in [5.74, 6) is -1.03. The number of aliphatic hydroxyl groups is 14. The Hall–Kier alpha value is -0.680. The molecule has 5 fully saturated rings. The number of hydrogen-bond donors (Lipinski definition) is 12. The van der Waals surface area contributed by atoms with Crippen LogP contribution in [0.1, 0.15) is 32.1 Å². The van der Waals surface area contributed by atoms with Crippen LogP contribution >= 0.6 is 0 Å². The predicted molar refractivity (Wildman–Crippen MR) is 141 cm³/mol. The quantitative estimate of drug-likeness (QED) is 0.115. The summed E-state index contributed by atoms with van der Waals surface area (Å²) >= 11 is 0. The van der Waals surface area contributed by atoms with Gasteiger partial charge in [-0.1, -0.05) is 0 Å². The highest BCUT2D eigenvalue weighted by atomic mass is 16.7. The summed E-state index contributed by atoms with van der Waals surface area (Å²) in [7, 11) is 0. The van der Waals surface area contributed by atoms with Crippen LogP contribution < -0.4 is 0 Å². The number of aliphatic hydroxyl groups excluding tert-OH is 12. The first-order valence-corrected chi connectivity index (χ1v) is 15.2. The van der Waals surface area contributed by atoms with Gasteiger partial charge in [-0.3, -0.25) is 0 Å². The van der Waals surface area contributed by atoms with E-state index in [0.717, 1.165) is 0 Å². The molecule has 256 valence electrons. The van der Waals surface area contributed by atoms with Crippen molar-refractivity contribution in [3.63, 3.8) is 0 Å². The van der Waals surface area contributed by atoms with Gasteiger partial charge in [0.25, 0.3) is 0 Å². The van der Waals surface area contributed by atoms with Gasteiger partial charge in [0.1, 0.15) is 61.0 Å². The summed E-state index contributed by atoms with van der Waals surface area (Å²) in [6.07, 6.45) is -22.4. The molecule has 18 atom stereocenters. The molecule has 2 saturated carbocycles. The van der Waals surface area contributed by atoms with Gasteiger partial charge < -0.3 is 85.0 Å². The van der Waals surface area contributed by atoms with E-state index in [2.05, 4.69) is 0 Å². The van der Waals surface area contributed by atoms with Crippen molar-refractivity contribution in [3.05, 3.63) is 0 Å². The zero-order chi connectivity index (χ0) is 32.0. The SMILES string of the molecule is OC[C@@H]1O[C@H](OC2CC3C(O)CC(O[C@@H]4O[C@H](CO)[C@@H](O)[C@H](O)[C@H]4O)CC3[OH+]C2C2CC(O)C(O)C(O)C2)[C@@H](O)[C@H](O)[C@H]1O. The third kappa shape index (κ3) is 6.81. The normalized spacial score (nSPS) is 55.4. The van der Waals surface area contributed by atoms with E-state index in [0.29, 0.717) is 0 Å². The van der Waals surface area contributed by atoms with Gasteiger partial charge in [-0.05, 0) is 19.3 Å². The minimum atomic E-state index is -1.69. The molecule has 3 aliphatic heterocycles. The maximum atomic E-state index is 11.2. The Morgan fingerprint density at radius 2 is 1.07 bits per heavy atom. The van der Waals surface area contributed by atoms with Gasteiger partial charge in [0.15, 0.2) is 24.8 Å². The Kier molecular flexibility index (Phi) is 11.2. The Balaban J connectivity index is 1.33. The van der Waals surface area contributed by atoms with Crippen LogP contribution in [0, 0.1) is 11.8 Å². The lowest BCUT2D eigenvalue weighted by molar-refractivity contribution is -0.363. The molecule has 0 aromatic carbocycles. The highest BCUT2D eigenvalue weighted by molar-refractivity contribution is 5.00. The topological polar surface area (TPSA) is 292 Å². The van der Waals surface area contributed by atoms with Crippen LogP contribution in [0.3, 0.4) is 0 Å². The average molecular weight is 644 g/mol. The molecule has 44 heavy (non-hydrogen) atoms. The van der Waals surface area contributed by atoms with Crippen LogP contribution in [0.25, 0.3) is 0 Å². The molecule has 2 aliphatic carbocycles. The molecule has 0 aromatic rings. The van der Waals surface area contributed by atoms with Crippen LogP contribution in [0.5, 0.6) is 0 Å². The molecule has 0 spiro atoms. The second-order valence-corrected chi connectivity index (χ2v) is 12.8. The van der Waals surface area contributed by atoms with Crippen molar-refractivity contribution in [3.8, 4) is 0 Å². The second-order valence-electron chi connectivity index (χ2n) is 12.8. The predicted octanol–water partition coefficient (Wildman–Crippen LogP) is -6.71. The maximum absolute atomic E-state index is 11.2. The lowest BCUT2D eigenvalue weighted by Gasteiger charge is -2.49. The Bertz CT molecular complexity index is 915. The van der Waals surface area contributed by atoms with Crippen LogP contribution in [-0.4, -0.2) is 189 Å². The summed E-state index contributed by atoms with van der Waals surface area (Å²) in [5.41, 5.74) is 0. The number of fused-ring (bicyclic) bond motifs is 1. The Labute approximate surface area is 252 Å². The molecule has 5 aliphatic rings. The summed E-state index contributed by atoms with van der Waals surface area (Å²) in [4.78, 5) is 0. The fraction of sp³-hybridized carbons (Fsp3) is 1.00. The lowest BCUT2D eigenvalue weighted by atomic mass is 9.72. The average Bonchev–Trinajstić information content (AvgIpc) is 3.00. The van der Waals surface area contributed by atoms with Crippen molar-refractivity contribution in [2.24, 2.45) is 11.8 Å². The van der Waals surface area contributed by atoms with Gasteiger partial charge in [-0.15, -0.1) is 0 Å². The van der Waals surface area contributed by atoms with E-state index in [1.54, 1.807) is 0 Å². The molecular formula is C27H47O17+. The van der Waals surface area contributed by atoms with Crippen LogP contribution in [-0.2, 0) is 18.9 Å². The molecule has 0 bridgehead atoms. The van der Waals surface area contributed by atoms with Gasteiger partial charge in [0, 0.05) is 18.8 Å². The standard InChI is InChI=1S/C27H46O17/c28-6-16-19(34)21(36)23(38)26(43-16)40-9-3-11(30)10-5-15(42-27-24(39)22(37)20(35)17(7-29)44-27)25(41-14(10)4-9)8-1-12(31)18(33)13(32)2-8/h8-39H,1-7H2/p+1/t8?,9?,10?,11?,12?,13?,14?,15?,16-,17+,18?,19-,20+,21+,22-,23-,24+,25?,26-,27+/m1/s1. The van der Waals surface area contributed by atoms with Crippen LogP contribution in [0.2, 0.25) is 0 Å². The third-order valence-corrected chi connectivity index (χ3v) is 9.94. The van der Waals surface area contributed by atoms with E-state index in [-0.39, 0.29) is 32.1 Å². The smallest absolute Gasteiger partial charge is 0.187 e. The van der Waals surface area contributed by atoms with E-state index in [1.165, 1.54) is 0 Å². The summed E-state index contributed by atoms with van der Waals surface area (Å²) in [5, 5.41) is 123. The summed E-state index contributed by atoms with van der Waals surface area (Å²) < 4.78 is 28.0. The van der Waals surface area contributed by atoms with Gasteiger partial charge in [0.05, 0.1) is 43.5 Å². The molecule has 5 rings (SSSR count). The second kappa shape index (κ2) is 14.2. The van der Waals surface area contributed by atoms with Crippen molar-refractivity contribution >= 4 is 0 Å². The van der Waals surface area contributed by atoms with Gasteiger partial charge in [-0.2, -0.15) is 0 Å². The van der Waals surface area contributed by atoms with Crippen LogP contribution in [0.15, 0.2) is 0 Å². The van der Waals surface area contributed by atoms with Crippen molar-refractivity contribution in [2.75, 3.05) is 13.2 Å². The van der Waals surface area contributed by atoms with Gasteiger partial charge in [-0.25, -0.2) is 0 Å². The molecule has 17 heteroatoms. The molecule has 13 N–H and O–H groups in total. The molecule has 0 radical (unpaired) electrons. The maximum Gasteiger partial charge on any atom is 0.187 e. The molecule has 0 amide bonds. The number of ether oxygens (including phenoxy) is 5. The molecular weight excluding hydrogens is 596 g/mol. The number of hydrogen-bond acceptors (Lipinski definition) is 16. The Morgan fingerprint density at radius 3 is 1.59 bits per heavy atom. The molecule has 8 unspecified atom stereocenters. The molecule has 3 heterocycles. The highest BCUT2D eigenvalue weighted by Gasteiger charge is 2.56. The number of rotatable bonds is 7. The van der Waals surface area contributed by atoms with Crippen molar-refractivity contribution < 1.29 is 85.0 Å². The van der Waals surface area contributed by atoms with E-state index < -0.39 is 135 Å². The van der Waals surface area contributed by atoms with Gasteiger partial charge >= 0.3 is 0 Å². The monoisotopic (exact) mass is 643 g/mol. The summed E-state index contributed by atoms with van der Waals surface area (Å²) in [6.45, 7) is -1.30. The Morgan fingerprint density at radius 1 is 0.545 bits per heavy atom. The molecule has 3 saturated heterocycles. The lowest BCUT2D eigenvalue weighted by Crippen LogP contribution is -2.64. The fourth-order valence-corrected chi connectivity index (χ4v) is 7.38. The first kappa shape index (κ1) is 34.6. The van der Waals surface area contributed by atoms with E-state index >= 15 is 0 Å². The first-order valence-electron chi connectivity index (χ1n) is 15.2. The first-order chi connectivity index (χ1) is 20.8.